The number of sulfonamides is 1. The minimum Gasteiger partial charge on any atom is -0.490 e. The molecule has 7 nitrogen and oxygen atoms in total. The molecule has 1 amide bonds. The summed E-state index contributed by atoms with van der Waals surface area (Å²) in [5, 5.41) is 5.58. The van der Waals surface area contributed by atoms with Crippen molar-refractivity contribution >= 4 is 60.6 Å². The molecule has 3 rings (SSSR count). The zero-order chi connectivity index (χ0) is 25.8. The first-order valence-corrected chi connectivity index (χ1v) is 13.4. The number of thiocarbonyl (C=S) groups is 1. The fraction of sp³-hybridized carbons (Fsp3) is 0.200. The molecule has 0 unspecified atom stereocenters. The van der Waals surface area contributed by atoms with Crippen LogP contribution in [0.1, 0.15) is 35.3 Å². The normalized spacial score (nSPS) is 11.1. The van der Waals surface area contributed by atoms with Gasteiger partial charge in [-0.15, -0.1) is 0 Å². The lowest BCUT2D eigenvalue weighted by Crippen LogP contribution is -2.34. The third-order valence-electron chi connectivity index (χ3n) is 4.82. The number of ether oxygens (including phenoxy) is 1. The smallest absolute Gasteiger partial charge is 0.261 e. The molecule has 0 aromatic heterocycles. The van der Waals surface area contributed by atoms with Crippen molar-refractivity contribution in [3.63, 3.8) is 0 Å². The SMILES string of the molecule is Cc1ccc(NS(=O)(=O)c2ccc(NC(=S)NC(=O)c3cc(Br)ccc3OC(C)C)cc2)c(C)c1. The predicted octanol–water partition coefficient (Wildman–Crippen LogP) is 5.78. The van der Waals surface area contributed by atoms with E-state index in [9.17, 15) is 13.2 Å². The largest absolute Gasteiger partial charge is 0.490 e. The molecule has 0 atom stereocenters. The lowest BCUT2D eigenvalue weighted by molar-refractivity contribution is 0.0972. The van der Waals surface area contributed by atoms with E-state index in [4.69, 9.17) is 17.0 Å². The van der Waals surface area contributed by atoms with Crippen molar-refractivity contribution in [1.29, 1.82) is 0 Å². The van der Waals surface area contributed by atoms with Gasteiger partial charge in [-0.1, -0.05) is 33.6 Å². The fourth-order valence-electron chi connectivity index (χ4n) is 3.22. The number of aryl methyl sites for hydroxylation is 2. The van der Waals surface area contributed by atoms with Crippen LogP contribution in [-0.4, -0.2) is 25.5 Å². The predicted molar refractivity (Wildman–Crippen MR) is 147 cm³/mol. The van der Waals surface area contributed by atoms with Crippen LogP contribution in [0.2, 0.25) is 0 Å². The summed E-state index contributed by atoms with van der Waals surface area (Å²) in [6.45, 7) is 7.54. The number of carbonyl (C=O) groups excluding carboxylic acids is 1. The van der Waals surface area contributed by atoms with Gasteiger partial charge in [-0.3, -0.25) is 14.8 Å². The zero-order valence-electron chi connectivity index (χ0n) is 19.7. The molecule has 0 saturated carbocycles. The van der Waals surface area contributed by atoms with Crippen LogP contribution in [0.5, 0.6) is 5.75 Å². The maximum atomic E-state index is 12.8. The van der Waals surface area contributed by atoms with Crippen molar-refractivity contribution < 1.29 is 17.9 Å². The molecule has 184 valence electrons. The highest BCUT2D eigenvalue weighted by Gasteiger charge is 2.17. The van der Waals surface area contributed by atoms with Crippen LogP contribution < -0.4 is 20.1 Å². The summed E-state index contributed by atoms with van der Waals surface area (Å²) >= 11 is 8.63. The minimum absolute atomic E-state index is 0.0643. The third-order valence-corrected chi connectivity index (χ3v) is 6.90. The molecule has 0 aliphatic carbocycles. The van der Waals surface area contributed by atoms with Gasteiger partial charge in [-0.25, -0.2) is 8.42 Å². The summed E-state index contributed by atoms with van der Waals surface area (Å²) in [6.07, 6.45) is -0.105. The minimum atomic E-state index is -3.77. The summed E-state index contributed by atoms with van der Waals surface area (Å²) in [5.74, 6) is 0.00527. The summed E-state index contributed by atoms with van der Waals surface area (Å²) in [4.78, 5) is 12.9. The van der Waals surface area contributed by atoms with Crippen LogP contribution in [0.4, 0.5) is 11.4 Å². The molecule has 10 heteroatoms. The van der Waals surface area contributed by atoms with E-state index in [1.165, 1.54) is 12.1 Å². The fourth-order valence-corrected chi connectivity index (χ4v) is 4.92. The first kappa shape index (κ1) is 26.7. The van der Waals surface area contributed by atoms with Crippen LogP contribution in [0.3, 0.4) is 0 Å². The van der Waals surface area contributed by atoms with Crippen LogP contribution >= 0.6 is 28.1 Å². The Balaban J connectivity index is 1.67. The maximum Gasteiger partial charge on any atom is 0.261 e. The Morgan fingerprint density at radius 1 is 1.00 bits per heavy atom. The van der Waals surface area contributed by atoms with E-state index >= 15 is 0 Å². The molecule has 0 aliphatic heterocycles. The number of anilines is 2. The van der Waals surface area contributed by atoms with Gasteiger partial charge in [0.25, 0.3) is 15.9 Å². The van der Waals surface area contributed by atoms with Crippen LogP contribution in [0.25, 0.3) is 0 Å². The highest BCUT2D eigenvalue weighted by molar-refractivity contribution is 9.10. The quantitative estimate of drug-likeness (QED) is 0.309. The Hall–Kier alpha value is -2.95. The second kappa shape index (κ2) is 11.2. The number of hydrogen-bond acceptors (Lipinski definition) is 5. The number of carbonyl (C=O) groups is 1. The summed E-state index contributed by atoms with van der Waals surface area (Å²) < 4.78 is 34.6. The molecule has 3 N–H and O–H groups in total. The van der Waals surface area contributed by atoms with E-state index < -0.39 is 15.9 Å². The van der Waals surface area contributed by atoms with E-state index in [2.05, 4.69) is 31.3 Å². The van der Waals surface area contributed by atoms with Crippen molar-refractivity contribution in [3.05, 3.63) is 81.8 Å². The van der Waals surface area contributed by atoms with Crippen LogP contribution in [0.15, 0.2) is 70.0 Å². The molecule has 0 fully saturated rings. The Bertz CT molecular complexity index is 1360. The number of amides is 1. The van der Waals surface area contributed by atoms with Gasteiger partial charge in [0.15, 0.2) is 5.11 Å². The Morgan fingerprint density at radius 2 is 1.69 bits per heavy atom. The lowest BCUT2D eigenvalue weighted by atomic mass is 10.1. The molecule has 0 radical (unpaired) electrons. The van der Waals surface area contributed by atoms with Crippen molar-refractivity contribution in [1.82, 2.24) is 5.32 Å². The number of rotatable bonds is 7. The molecule has 0 heterocycles. The highest BCUT2D eigenvalue weighted by Crippen LogP contribution is 2.25. The van der Waals surface area contributed by atoms with Crippen molar-refractivity contribution in [3.8, 4) is 5.75 Å². The summed E-state index contributed by atoms with van der Waals surface area (Å²) in [6, 6.07) is 16.7. The first-order chi connectivity index (χ1) is 16.4. The molecule has 3 aromatic rings. The van der Waals surface area contributed by atoms with Crippen LogP contribution in [-0.2, 0) is 10.0 Å². The van der Waals surface area contributed by atoms with Gasteiger partial charge in [0.1, 0.15) is 5.75 Å². The van der Waals surface area contributed by atoms with E-state index in [0.717, 1.165) is 15.6 Å². The topological polar surface area (TPSA) is 96.5 Å². The van der Waals surface area contributed by atoms with E-state index in [1.807, 2.05) is 39.8 Å². The Morgan fingerprint density at radius 3 is 2.31 bits per heavy atom. The molecule has 0 aliphatic rings. The molecule has 0 bridgehead atoms. The third kappa shape index (κ3) is 7.27. The maximum absolute atomic E-state index is 12.8. The second-order valence-corrected chi connectivity index (χ2v) is 11.2. The first-order valence-electron chi connectivity index (χ1n) is 10.7. The summed E-state index contributed by atoms with van der Waals surface area (Å²) in [7, 11) is -3.77. The monoisotopic (exact) mass is 575 g/mol. The molecule has 35 heavy (non-hydrogen) atoms. The average molecular weight is 577 g/mol. The molecule has 0 spiro atoms. The molecular weight excluding hydrogens is 550 g/mol. The number of halogens is 1. The van der Waals surface area contributed by atoms with Gasteiger partial charge in [-0.05, 0) is 94.0 Å². The zero-order valence-corrected chi connectivity index (χ0v) is 22.9. The van der Waals surface area contributed by atoms with Gasteiger partial charge in [0.2, 0.25) is 0 Å². The standard InChI is InChI=1S/C25H26BrN3O4S2/c1-15(2)33-23-12-6-18(26)14-21(23)24(30)28-25(34)27-19-7-9-20(10-8-19)35(31,32)29-22-11-5-16(3)13-17(22)4/h5-15,29H,1-4H3,(H2,27,28,30,34). The number of benzene rings is 3. The van der Waals surface area contributed by atoms with E-state index in [0.29, 0.717) is 22.7 Å². The van der Waals surface area contributed by atoms with E-state index in [1.54, 1.807) is 36.4 Å². The molecule has 0 saturated heterocycles. The molecular formula is C25H26BrN3O4S2. The highest BCUT2D eigenvalue weighted by atomic mass is 79.9. The van der Waals surface area contributed by atoms with Crippen molar-refractivity contribution in [2.75, 3.05) is 10.0 Å². The summed E-state index contributed by atoms with van der Waals surface area (Å²) in [5.41, 5.74) is 3.26. The number of hydrogen-bond donors (Lipinski definition) is 3. The average Bonchev–Trinajstić information content (AvgIpc) is 2.77. The number of nitrogens with one attached hydrogen (secondary N) is 3. The van der Waals surface area contributed by atoms with Gasteiger partial charge in [0.05, 0.1) is 22.3 Å². The van der Waals surface area contributed by atoms with Crippen molar-refractivity contribution in [2.45, 2.75) is 38.7 Å². The molecule has 3 aromatic carbocycles. The van der Waals surface area contributed by atoms with Gasteiger partial charge < -0.3 is 10.1 Å². The van der Waals surface area contributed by atoms with Crippen LogP contribution in [0, 0.1) is 13.8 Å². The Labute approximate surface area is 219 Å². The lowest BCUT2D eigenvalue weighted by Gasteiger charge is -2.15. The van der Waals surface area contributed by atoms with Gasteiger partial charge >= 0.3 is 0 Å². The van der Waals surface area contributed by atoms with Crippen molar-refractivity contribution in [2.24, 2.45) is 0 Å². The van der Waals surface area contributed by atoms with E-state index in [-0.39, 0.29) is 16.1 Å². The van der Waals surface area contributed by atoms with Gasteiger partial charge in [-0.2, -0.15) is 0 Å². The van der Waals surface area contributed by atoms with Gasteiger partial charge in [0, 0.05) is 10.2 Å². The second-order valence-electron chi connectivity index (χ2n) is 8.16. The Kier molecular flexibility index (Phi) is 8.52.